The molecule has 3 N–H and O–H groups in total. The van der Waals surface area contributed by atoms with Gasteiger partial charge < -0.3 is 20.7 Å². The van der Waals surface area contributed by atoms with Crippen molar-refractivity contribution in [2.75, 3.05) is 12.4 Å². The molecule has 1 amide bonds. The molecule has 0 spiro atoms. The number of allylic oxidation sites excluding steroid dienone is 1. The Bertz CT molecular complexity index is 989. The van der Waals surface area contributed by atoms with Crippen LogP contribution >= 0.6 is 12.2 Å². The number of nitrogens with one attached hydrogen (secondary N) is 3. The molecule has 0 saturated carbocycles. The summed E-state index contributed by atoms with van der Waals surface area (Å²) in [6, 6.07) is 12.5. The van der Waals surface area contributed by atoms with Gasteiger partial charge in [0.2, 0.25) is 0 Å². The van der Waals surface area contributed by atoms with Crippen molar-refractivity contribution in [3.8, 4) is 5.75 Å². The van der Waals surface area contributed by atoms with E-state index in [-0.39, 0.29) is 11.6 Å². The van der Waals surface area contributed by atoms with Gasteiger partial charge in [-0.25, -0.2) is 0 Å². The van der Waals surface area contributed by atoms with Crippen LogP contribution in [-0.4, -0.2) is 23.1 Å². The normalized spacial score (nSPS) is 16.1. The van der Waals surface area contributed by atoms with Gasteiger partial charge >= 0.3 is 0 Å². The van der Waals surface area contributed by atoms with E-state index in [4.69, 9.17) is 17.0 Å². The van der Waals surface area contributed by atoms with Crippen molar-refractivity contribution in [2.45, 2.75) is 13.0 Å². The van der Waals surface area contributed by atoms with E-state index in [1.165, 1.54) is 19.2 Å². The third kappa shape index (κ3) is 3.94. The molecule has 0 unspecified atom stereocenters. The zero-order valence-corrected chi connectivity index (χ0v) is 16.0. The van der Waals surface area contributed by atoms with E-state index in [9.17, 15) is 14.9 Å². The highest BCUT2D eigenvalue weighted by Gasteiger charge is 2.31. The summed E-state index contributed by atoms with van der Waals surface area (Å²) in [7, 11) is 1.52. The van der Waals surface area contributed by atoms with E-state index >= 15 is 0 Å². The Morgan fingerprint density at radius 3 is 2.71 bits per heavy atom. The number of thiocarbonyl (C=S) groups is 1. The molecule has 1 heterocycles. The highest BCUT2D eigenvalue weighted by Crippen LogP contribution is 2.31. The van der Waals surface area contributed by atoms with E-state index in [2.05, 4.69) is 16.0 Å². The number of para-hydroxylation sites is 2. The molecule has 28 heavy (non-hydrogen) atoms. The minimum atomic E-state index is -0.636. The van der Waals surface area contributed by atoms with Crippen LogP contribution in [0.4, 0.5) is 11.4 Å². The summed E-state index contributed by atoms with van der Waals surface area (Å²) in [5.74, 6) is 0.147. The van der Waals surface area contributed by atoms with Crippen LogP contribution in [0.5, 0.6) is 5.75 Å². The van der Waals surface area contributed by atoms with E-state index in [1.807, 2.05) is 0 Å². The molecule has 144 valence electrons. The minimum Gasteiger partial charge on any atom is -0.495 e. The lowest BCUT2D eigenvalue weighted by molar-refractivity contribution is -0.384. The van der Waals surface area contributed by atoms with E-state index in [1.54, 1.807) is 43.3 Å². The van der Waals surface area contributed by atoms with Gasteiger partial charge in [-0.3, -0.25) is 14.9 Å². The molecule has 2 aromatic rings. The standard InChI is InChI=1S/C19H18N4O4S/c1-11-16(18(24)21-14-8-3-4-9-15(14)27-2)17(22-19(28)20-11)12-6-5-7-13(10-12)23(25)26/h3-10,17H,1-2H3,(H,21,24)(H2,20,22,28)/t17-/m0/s1. The molecule has 8 nitrogen and oxygen atoms in total. The quantitative estimate of drug-likeness (QED) is 0.404. The van der Waals surface area contributed by atoms with Crippen LogP contribution in [0.25, 0.3) is 0 Å². The van der Waals surface area contributed by atoms with Crippen LogP contribution in [0, 0.1) is 10.1 Å². The lowest BCUT2D eigenvalue weighted by atomic mass is 9.94. The molecular weight excluding hydrogens is 380 g/mol. The van der Waals surface area contributed by atoms with Gasteiger partial charge in [0.25, 0.3) is 11.6 Å². The van der Waals surface area contributed by atoms with Crippen molar-refractivity contribution >= 4 is 34.6 Å². The van der Waals surface area contributed by atoms with E-state index < -0.39 is 11.0 Å². The predicted octanol–water partition coefficient (Wildman–Crippen LogP) is 3.03. The smallest absolute Gasteiger partial charge is 0.269 e. The highest BCUT2D eigenvalue weighted by atomic mass is 32.1. The van der Waals surface area contributed by atoms with E-state index in [0.717, 1.165) is 0 Å². The second-order valence-corrected chi connectivity index (χ2v) is 6.48. The first-order valence-corrected chi connectivity index (χ1v) is 8.78. The molecule has 1 aliphatic heterocycles. The first-order valence-electron chi connectivity index (χ1n) is 8.37. The number of hydrogen-bond acceptors (Lipinski definition) is 5. The second-order valence-electron chi connectivity index (χ2n) is 6.08. The molecule has 0 fully saturated rings. The fourth-order valence-corrected chi connectivity index (χ4v) is 3.27. The number of anilines is 1. The third-order valence-electron chi connectivity index (χ3n) is 4.28. The highest BCUT2D eigenvalue weighted by molar-refractivity contribution is 7.80. The first-order chi connectivity index (χ1) is 13.4. The van der Waals surface area contributed by atoms with Crippen molar-refractivity contribution in [3.63, 3.8) is 0 Å². The summed E-state index contributed by atoms with van der Waals surface area (Å²) in [6.07, 6.45) is 0. The topological polar surface area (TPSA) is 106 Å². The Morgan fingerprint density at radius 2 is 2.00 bits per heavy atom. The van der Waals surface area contributed by atoms with Gasteiger partial charge in [0.15, 0.2) is 5.11 Å². The number of nitrogens with zero attached hydrogens (tertiary/aromatic N) is 1. The lowest BCUT2D eigenvalue weighted by Crippen LogP contribution is -2.45. The maximum atomic E-state index is 13.1. The monoisotopic (exact) mass is 398 g/mol. The van der Waals surface area contributed by atoms with Crippen LogP contribution in [0.2, 0.25) is 0 Å². The van der Waals surface area contributed by atoms with Gasteiger partial charge in [0, 0.05) is 17.8 Å². The number of non-ortho nitro benzene ring substituents is 1. The van der Waals surface area contributed by atoms with Crippen molar-refractivity contribution in [1.29, 1.82) is 0 Å². The van der Waals surface area contributed by atoms with Crippen molar-refractivity contribution in [3.05, 3.63) is 75.5 Å². The SMILES string of the molecule is COc1ccccc1NC(=O)C1=C(C)NC(=S)N[C@H]1c1cccc([N+](=O)[O-])c1. The number of benzene rings is 2. The van der Waals surface area contributed by atoms with Gasteiger partial charge in [0.05, 0.1) is 29.3 Å². The molecule has 0 aliphatic carbocycles. The predicted molar refractivity (Wildman–Crippen MR) is 109 cm³/mol. The molecule has 1 atom stereocenters. The minimum absolute atomic E-state index is 0.0640. The average Bonchev–Trinajstić information content (AvgIpc) is 2.67. The van der Waals surface area contributed by atoms with Gasteiger partial charge in [0.1, 0.15) is 5.75 Å². The van der Waals surface area contributed by atoms with E-state index in [0.29, 0.717) is 33.4 Å². The third-order valence-corrected chi connectivity index (χ3v) is 4.50. The number of hydrogen-bond donors (Lipinski definition) is 3. The van der Waals surface area contributed by atoms with Crippen LogP contribution in [0.3, 0.4) is 0 Å². The number of nitro groups is 1. The Hall–Kier alpha value is -3.46. The fourth-order valence-electron chi connectivity index (χ4n) is 3.00. The Labute approximate surface area is 166 Å². The molecule has 1 aliphatic rings. The number of rotatable bonds is 5. The molecule has 3 rings (SSSR count). The van der Waals surface area contributed by atoms with Crippen LogP contribution in [0.1, 0.15) is 18.5 Å². The zero-order valence-electron chi connectivity index (χ0n) is 15.2. The Balaban J connectivity index is 1.99. The molecular formula is C19H18N4O4S. The van der Waals surface area contributed by atoms with Gasteiger partial charge in [-0.05, 0) is 36.8 Å². The zero-order chi connectivity index (χ0) is 20.3. The van der Waals surface area contributed by atoms with Crippen LogP contribution < -0.4 is 20.7 Å². The summed E-state index contributed by atoms with van der Waals surface area (Å²) in [6.45, 7) is 1.73. The van der Waals surface area contributed by atoms with Gasteiger partial charge in [-0.2, -0.15) is 0 Å². The largest absolute Gasteiger partial charge is 0.495 e. The van der Waals surface area contributed by atoms with Crippen LogP contribution in [0.15, 0.2) is 59.8 Å². The number of ether oxygens (including phenoxy) is 1. The molecule has 0 bridgehead atoms. The first kappa shape index (κ1) is 19.3. The maximum Gasteiger partial charge on any atom is 0.269 e. The summed E-state index contributed by atoms with van der Waals surface area (Å²) >= 11 is 5.21. The average molecular weight is 398 g/mol. The molecule has 2 aromatic carbocycles. The summed E-state index contributed by atoms with van der Waals surface area (Å²) in [5.41, 5.74) is 1.95. The number of carbonyl (C=O) groups is 1. The number of amides is 1. The van der Waals surface area contributed by atoms with Crippen molar-refractivity contribution in [2.24, 2.45) is 0 Å². The number of carbonyl (C=O) groups excluding carboxylic acids is 1. The Morgan fingerprint density at radius 1 is 1.25 bits per heavy atom. The molecule has 0 saturated heterocycles. The summed E-state index contributed by atoms with van der Waals surface area (Å²) in [5, 5.41) is 20.3. The molecule has 0 aromatic heterocycles. The van der Waals surface area contributed by atoms with Gasteiger partial charge in [-0.1, -0.05) is 24.3 Å². The maximum absolute atomic E-state index is 13.1. The molecule has 0 radical (unpaired) electrons. The van der Waals surface area contributed by atoms with Crippen LogP contribution in [-0.2, 0) is 4.79 Å². The summed E-state index contributed by atoms with van der Waals surface area (Å²) in [4.78, 5) is 23.7. The summed E-state index contributed by atoms with van der Waals surface area (Å²) < 4.78 is 5.27. The second kappa shape index (κ2) is 8.05. The van der Waals surface area contributed by atoms with Gasteiger partial charge in [-0.15, -0.1) is 0 Å². The van der Waals surface area contributed by atoms with Crippen molar-refractivity contribution < 1.29 is 14.5 Å². The lowest BCUT2D eigenvalue weighted by Gasteiger charge is -2.30. The Kier molecular flexibility index (Phi) is 5.55. The number of methoxy groups -OCH3 is 1. The number of nitro benzene ring substituents is 1. The van der Waals surface area contributed by atoms with Crippen molar-refractivity contribution in [1.82, 2.24) is 10.6 Å². The fraction of sp³-hybridized carbons (Fsp3) is 0.158. The molecule has 9 heteroatoms.